The topological polar surface area (TPSA) is 112 Å². The summed E-state index contributed by atoms with van der Waals surface area (Å²) in [4.78, 5) is 18.8. The predicted molar refractivity (Wildman–Crippen MR) is 102 cm³/mol. The van der Waals surface area contributed by atoms with Crippen LogP contribution >= 0.6 is 0 Å². The van der Waals surface area contributed by atoms with Crippen molar-refractivity contribution in [1.82, 2.24) is 29.9 Å². The van der Waals surface area contributed by atoms with E-state index in [9.17, 15) is 18.0 Å². The Morgan fingerprint density at radius 3 is 2.84 bits per heavy atom. The Labute approximate surface area is 172 Å². The number of aromatic nitrogens is 5. The normalized spacial score (nSPS) is 15.8. The molecule has 1 atom stereocenters. The third kappa shape index (κ3) is 2.98. The summed E-state index contributed by atoms with van der Waals surface area (Å²) in [6, 6.07) is 7.56. The molecule has 0 saturated heterocycles. The molecule has 3 heterocycles. The van der Waals surface area contributed by atoms with Crippen LogP contribution in [-0.2, 0) is 6.18 Å². The summed E-state index contributed by atoms with van der Waals surface area (Å²) >= 11 is 0. The molecule has 0 saturated carbocycles. The monoisotopic (exact) mass is 429 g/mol. The third-order valence-electron chi connectivity index (χ3n) is 5.27. The van der Waals surface area contributed by atoms with E-state index in [1.807, 2.05) is 0 Å². The molecule has 2 aromatic carbocycles. The number of anilines is 1. The van der Waals surface area contributed by atoms with E-state index in [0.717, 1.165) is 12.1 Å². The van der Waals surface area contributed by atoms with Crippen molar-refractivity contribution in [2.75, 3.05) is 19.4 Å². The lowest BCUT2D eigenvalue weighted by Gasteiger charge is -2.24. The van der Waals surface area contributed by atoms with Crippen LogP contribution in [0.25, 0.3) is 16.7 Å². The molecular weight excluding hydrogens is 415 g/mol. The fourth-order valence-corrected chi connectivity index (χ4v) is 3.64. The number of alkyl halides is 3. The summed E-state index contributed by atoms with van der Waals surface area (Å²) in [6.07, 6.45) is -4.47. The molecule has 0 bridgehead atoms. The molecule has 0 radical (unpaired) electrons. The Morgan fingerprint density at radius 2 is 2.06 bits per heavy atom. The van der Waals surface area contributed by atoms with Crippen molar-refractivity contribution in [2.24, 2.45) is 0 Å². The van der Waals surface area contributed by atoms with Gasteiger partial charge in [-0.25, -0.2) is 4.98 Å². The van der Waals surface area contributed by atoms with E-state index in [2.05, 4.69) is 20.5 Å². The molecule has 2 N–H and O–H groups in total. The Bertz CT molecular complexity index is 1350. The SMILES string of the molecule is CN(C(=O)c1ccc2nc(N)c3nnnn3c2c1)[C@@H]1COc2cc(C(F)(F)F)ccc21. The standard InChI is InChI=1S/C19H14F3N7O2/c1-28(14-8-31-15-7-10(19(20,21)22)3-4-11(14)15)18(30)9-2-5-12-13(6-9)29-17(16(23)24-12)25-26-27-29/h2-7,14H,8H2,1H3,(H2,23,24)/t14-/m1/s1. The molecule has 31 heavy (non-hydrogen) atoms. The Hall–Kier alpha value is -3.96. The molecule has 0 unspecified atom stereocenters. The second-order valence-corrected chi connectivity index (χ2v) is 7.11. The molecule has 4 aromatic rings. The van der Waals surface area contributed by atoms with Crippen LogP contribution in [0.5, 0.6) is 5.75 Å². The molecule has 1 amide bonds. The first-order valence-electron chi connectivity index (χ1n) is 9.12. The number of benzene rings is 2. The number of hydrogen-bond acceptors (Lipinski definition) is 7. The minimum atomic E-state index is -4.47. The van der Waals surface area contributed by atoms with Gasteiger partial charge < -0.3 is 15.4 Å². The van der Waals surface area contributed by atoms with Gasteiger partial charge in [-0.1, -0.05) is 6.07 Å². The van der Waals surface area contributed by atoms with E-state index in [0.29, 0.717) is 22.2 Å². The molecule has 5 rings (SSSR count). The van der Waals surface area contributed by atoms with Gasteiger partial charge in [-0.3, -0.25) is 4.79 Å². The van der Waals surface area contributed by atoms with Crippen molar-refractivity contribution < 1.29 is 22.7 Å². The number of hydrogen-bond donors (Lipinski definition) is 1. The molecule has 0 fully saturated rings. The van der Waals surface area contributed by atoms with Crippen molar-refractivity contribution in [3.63, 3.8) is 0 Å². The molecule has 1 aliphatic heterocycles. The largest absolute Gasteiger partial charge is 0.491 e. The van der Waals surface area contributed by atoms with Crippen LogP contribution in [0.3, 0.4) is 0 Å². The molecule has 158 valence electrons. The second-order valence-electron chi connectivity index (χ2n) is 7.11. The van der Waals surface area contributed by atoms with Crippen LogP contribution in [0.4, 0.5) is 19.0 Å². The summed E-state index contributed by atoms with van der Waals surface area (Å²) in [5.74, 6) is -0.0685. The summed E-state index contributed by atoms with van der Waals surface area (Å²) in [7, 11) is 1.57. The summed E-state index contributed by atoms with van der Waals surface area (Å²) in [5, 5.41) is 11.3. The Kier molecular flexibility index (Phi) is 4.00. The molecule has 9 nitrogen and oxygen atoms in total. The average Bonchev–Trinajstić information content (AvgIpc) is 3.39. The molecule has 2 aromatic heterocycles. The van der Waals surface area contributed by atoms with E-state index < -0.39 is 17.8 Å². The van der Waals surface area contributed by atoms with Gasteiger partial charge in [0, 0.05) is 18.2 Å². The maximum absolute atomic E-state index is 13.1. The number of nitrogens with two attached hydrogens (primary N) is 1. The van der Waals surface area contributed by atoms with E-state index in [1.165, 1.54) is 15.5 Å². The number of halogens is 3. The lowest BCUT2D eigenvalue weighted by atomic mass is 10.0. The quantitative estimate of drug-likeness (QED) is 0.521. The van der Waals surface area contributed by atoms with Gasteiger partial charge in [0.2, 0.25) is 5.65 Å². The van der Waals surface area contributed by atoms with Crippen molar-refractivity contribution >= 4 is 28.4 Å². The van der Waals surface area contributed by atoms with Crippen molar-refractivity contribution in [3.05, 3.63) is 53.1 Å². The molecule has 0 aliphatic carbocycles. The van der Waals surface area contributed by atoms with E-state index in [4.69, 9.17) is 10.5 Å². The maximum Gasteiger partial charge on any atom is 0.416 e. The number of ether oxygens (including phenoxy) is 1. The number of likely N-dealkylation sites (N-methyl/N-ethyl adjacent to an activating group) is 1. The lowest BCUT2D eigenvalue weighted by Crippen LogP contribution is -2.32. The van der Waals surface area contributed by atoms with Crippen LogP contribution in [-0.4, -0.2) is 49.5 Å². The Morgan fingerprint density at radius 1 is 1.26 bits per heavy atom. The highest BCUT2D eigenvalue weighted by Gasteiger charge is 2.36. The van der Waals surface area contributed by atoms with Crippen LogP contribution < -0.4 is 10.5 Å². The highest BCUT2D eigenvalue weighted by molar-refractivity contribution is 5.98. The highest BCUT2D eigenvalue weighted by atomic mass is 19.4. The first-order valence-corrected chi connectivity index (χ1v) is 9.12. The van der Waals surface area contributed by atoms with Crippen LogP contribution in [0.1, 0.15) is 27.5 Å². The average molecular weight is 429 g/mol. The summed E-state index contributed by atoms with van der Waals surface area (Å²) < 4.78 is 45.7. The number of carbonyl (C=O) groups is 1. The fourth-order valence-electron chi connectivity index (χ4n) is 3.64. The van der Waals surface area contributed by atoms with Gasteiger partial charge >= 0.3 is 6.18 Å². The van der Waals surface area contributed by atoms with Gasteiger partial charge in [0.05, 0.1) is 22.6 Å². The smallest absolute Gasteiger partial charge is 0.416 e. The first-order chi connectivity index (χ1) is 14.7. The third-order valence-corrected chi connectivity index (χ3v) is 5.27. The lowest BCUT2D eigenvalue weighted by molar-refractivity contribution is -0.137. The van der Waals surface area contributed by atoms with Gasteiger partial charge in [-0.2, -0.15) is 17.7 Å². The highest BCUT2D eigenvalue weighted by Crippen LogP contribution is 2.40. The van der Waals surface area contributed by atoms with Crippen molar-refractivity contribution in [2.45, 2.75) is 12.2 Å². The van der Waals surface area contributed by atoms with E-state index in [-0.39, 0.29) is 29.7 Å². The zero-order chi connectivity index (χ0) is 21.9. The van der Waals surface area contributed by atoms with Crippen molar-refractivity contribution in [1.29, 1.82) is 0 Å². The fraction of sp³-hybridized carbons (Fsp3) is 0.211. The summed E-state index contributed by atoms with van der Waals surface area (Å²) in [5.41, 5.74) is 7.16. The van der Waals surface area contributed by atoms with Crippen molar-refractivity contribution in [3.8, 4) is 5.75 Å². The van der Waals surface area contributed by atoms with E-state index >= 15 is 0 Å². The van der Waals surface area contributed by atoms with E-state index in [1.54, 1.807) is 25.2 Å². The summed E-state index contributed by atoms with van der Waals surface area (Å²) in [6.45, 7) is 0.0573. The predicted octanol–water partition coefficient (Wildman–Crippen LogP) is 2.48. The minimum absolute atomic E-state index is 0.0573. The van der Waals surface area contributed by atoms with Gasteiger partial charge in [-0.05, 0) is 40.8 Å². The zero-order valence-corrected chi connectivity index (χ0v) is 16.0. The number of amides is 1. The van der Waals surface area contributed by atoms with Gasteiger partial charge in [0.1, 0.15) is 12.4 Å². The number of nitrogens with zero attached hydrogens (tertiary/aromatic N) is 6. The number of fused-ring (bicyclic) bond motifs is 4. The Balaban J connectivity index is 1.49. The number of rotatable bonds is 2. The van der Waals surface area contributed by atoms with Gasteiger partial charge in [-0.15, -0.1) is 5.10 Å². The number of nitrogen functional groups attached to an aromatic ring is 1. The molecular formula is C19H14F3N7O2. The second kappa shape index (κ2) is 6.52. The maximum atomic E-state index is 13.1. The molecule has 1 aliphatic rings. The minimum Gasteiger partial charge on any atom is -0.491 e. The number of carbonyl (C=O) groups excluding carboxylic acids is 1. The van der Waals surface area contributed by atoms with Crippen LogP contribution in [0.15, 0.2) is 36.4 Å². The molecule has 12 heteroatoms. The van der Waals surface area contributed by atoms with Gasteiger partial charge in [0.25, 0.3) is 5.91 Å². The van der Waals surface area contributed by atoms with Crippen LogP contribution in [0, 0.1) is 0 Å². The number of tetrazole rings is 1. The molecule has 0 spiro atoms. The van der Waals surface area contributed by atoms with Gasteiger partial charge in [0.15, 0.2) is 5.82 Å². The van der Waals surface area contributed by atoms with Crippen LogP contribution in [0.2, 0.25) is 0 Å². The first kappa shape index (κ1) is 19.0. The zero-order valence-electron chi connectivity index (χ0n) is 16.0.